The lowest BCUT2D eigenvalue weighted by atomic mass is 10.0. The van der Waals surface area contributed by atoms with Crippen molar-refractivity contribution in [3.8, 4) is 0 Å². The SMILES string of the molecule is N[C@@H](Cc1c[nH]c2ccccc12)C(=O)N[C@H]([C]=O)Cc1c[nH]c2ccccc12. The maximum absolute atomic E-state index is 12.5. The van der Waals surface area contributed by atoms with Gasteiger partial charge in [0.2, 0.25) is 12.2 Å². The molecule has 1 radical (unpaired) electrons. The van der Waals surface area contributed by atoms with Crippen molar-refractivity contribution in [2.24, 2.45) is 5.73 Å². The van der Waals surface area contributed by atoms with Crippen LogP contribution in [0.3, 0.4) is 0 Å². The molecule has 2 aromatic heterocycles. The highest BCUT2D eigenvalue weighted by atomic mass is 16.2. The molecule has 0 saturated carbocycles. The van der Waals surface area contributed by atoms with E-state index in [9.17, 15) is 9.59 Å². The van der Waals surface area contributed by atoms with E-state index in [-0.39, 0.29) is 5.91 Å². The lowest BCUT2D eigenvalue weighted by molar-refractivity contribution is -0.122. The van der Waals surface area contributed by atoms with Gasteiger partial charge >= 0.3 is 0 Å². The zero-order valence-corrected chi connectivity index (χ0v) is 15.2. The number of fused-ring (bicyclic) bond motifs is 2. The van der Waals surface area contributed by atoms with Crippen LogP contribution in [0.2, 0.25) is 0 Å². The number of carbonyl (C=O) groups is 1. The van der Waals surface area contributed by atoms with Crippen molar-refractivity contribution in [2.75, 3.05) is 0 Å². The molecular formula is C22H21N4O2. The predicted octanol–water partition coefficient (Wildman–Crippen LogP) is 2.36. The van der Waals surface area contributed by atoms with Crippen LogP contribution >= 0.6 is 0 Å². The lowest BCUT2D eigenvalue weighted by Crippen LogP contribution is -2.47. The first-order valence-electron chi connectivity index (χ1n) is 9.19. The molecule has 4 rings (SSSR count). The Bertz CT molecular complexity index is 1130. The van der Waals surface area contributed by atoms with Crippen LogP contribution in [0.5, 0.6) is 0 Å². The maximum Gasteiger partial charge on any atom is 0.237 e. The van der Waals surface area contributed by atoms with Gasteiger partial charge < -0.3 is 21.0 Å². The number of hydrogen-bond acceptors (Lipinski definition) is 3. The van der Waals surface area contributed by atoms with E-state index >= 15 is 0 Å². The molecule has 0 spiro atoms. The van der Waals surface area contributed by atoms with E-state index in [1.165, 1.54) is 0 Å². The molecule has 2 atom stereocenters. The molecule has 0 unspecified atom stereocenters. The minimum absolute atomic E-state index is 0.360. The number of rotatable bonds is 7. The van der Waals surface area contributed by atoms with Crippen molar-refractivity contribution in [2.45, 2.75) is 24.9 Å². The number of hydrogen-bond donors (Lipinski definition) is 4. The van der Waals surface area contributed by atoms with E-state index in [0.717, 1.165) is 32.9 Å². The summed E-state index contributed by atoms with van der Waals surface area (Å²) in [4.78, 5) is 30.3. The molecule has 2 aromatic carbocycles. The van der Waals surface area contributed by atoms with E-state index in [2.05, 4.69) is 15.3 Å². The van der Waals surface area contributed by atoms with Gasteiger partial charge in [0.15, 0.2) is 0 Å². The number of nitrogens with one attached hydrogen (secondary N) is 3. The van der Waals surface area contributed by atoms with Crippen LogP contribution in [0.25, 0.3) is 21.8 Å². The van der Waals surface area contributed by atoms with Crippen LogP contribution in [0.15, 0.2) is 60.9 Å². The van der Waals surface area contributed by atoms with Gasteiger partial charge in [-0.25, -0.2) is 0 Å². The number of carbonyl (C=O) groups excluding carboxylic acids is 2. The topological polar surface area (TPSA) is 104 Å². The van der Waals surface area contributed by atoms with Crippen molar-refractivity contribution in [1.82, 2.24) is 15.3 Å². The summed E-state index contributed by atoms with van der Waals surface area (Å²) in [6, 6.07) is 14.2. The zero-order valence-electron chi connectivity index (χ0n) is 15.2. The largest absolute Gasteiger partial charge is 0.361 e. The van der Waals surface area contributed by atoms with Gasteiger partial charge in [-0.05, 0) is 29.7 Å². The third kappa shape index (κ3) is 3.54. The number of para-hydroxylation sites is 2. The van der Waals surface area contributed by atoms with E-state index in [0.29, 0.717) is 12.8 Å². The fourth-order valence-electron chi connectivity index (χ4n) is 3.55. The molecule has 5 N–H and O–H groups in total. The number of aromatic amines is 2. The van der Waals surface area contributed by atoms with Gasteiger partial charge in [0.05, 0.1) is 12.1 Å². The molecule has 0 aliphatic heterocycles. The molecule has 141 valence electrons. The van der Waals surface area contributed by atoms with Crippen LogP contribution in [0, 0.1) is 0 Å². The molecule has 4 aromatic rings. The van der Waals surface area contributed by atoms with Crippen LogP contribution in [-0.2, 0) is 22.4 Å². The summed E-state index contributed by atoms with van der Waals surface area (Å²) in [5, 5.41) is 4.79. The quantitative estimate of drug-likeness (QED) is 0.400. The van der Waals surface area contributed by atoms with Gasteiger partial charge in [-0.1, -0.05) is 36.4 Å². The molecular weight excluding hydrogens is 352 g/mol. The minimum atomic E-state index is -0.752. The van der Waals surface area contributed by atoms with E-state index in [1.807, 2.05) is 67.2 Å². The molecule has 0 saturated heterocycles. The third-order valence-corrected chi connectivity index (χ3v) is 5.01. The fraction of sp³-hybridized carbons (Fsp3) is 0.182. The van der Waals surface area contributed by atoms with Crippen molar-refractivity contribution in [1.29, 1.82) is 0 Å². The second-order valence-corrected chi connectivity index (χ2v) is 6.91. The van der Waals surface area contributed by atoms with Gasteiger partial charge in [0.1, 0.15) is 0 Å². The van der Waals surface area contributed by atoms with Crippen molar-refractivity contribution >= 4 is 34.0 Å². The molecule has 0 aliphatic carbocycles. The highest BCUT2D eigenvalue weighted by molar-refractivity contribution is 5.88. The highest BCUT2D eigenvalue weighted by Gasteiger charge is 2.21. The second kappa shape index (κ2) is 7.70. The third-order valence-electron chi connectivity index (χ3n) is 5.01. The van der Waals surface area contributed by atoms with Crippen LogP contribution in [0.1, 0.15) is 11.1 Å². The Morgan fingerprint density at radius 3 is 2.04 bits per heavy atom. The average molecular weight is 373 g/mol. The van der Waals surface area contributed by atoms with Crippen LogP contribution in [0.4, 0.5) is 0 Å². The Morgan fingerprint density at radius 1 is 0.929 bits per heavy atom. The van der Waals surface area contributed by atoms with Crippen LogP contribution < -0.4 is 11.1 Å². The molecule has 28 heavy (non-hydrogen) atoms. The maximum atomic E-state index is 12.5. The van der Waals surface area contributed by atoms with Crippen LogP contribution in [-0.4, -0.2) is 34.2 Å². The van der Waals surface area contributed by atoms with Gasteiger partial charge in [-0.3, -0.25) is 9.59 Å². The number of H-pyrrole nitrogens is 2. The minimum Gasteiger partial charge on any atom is -0.361 e. The standard InChI is InChI=1S/C22H21N4O2/c23-19(10-15-12-25-21-8-4-2-6-18(15)21)22(28)26-16(13-27)9-14-11-24-20-7-3-1-5-17(14)20/h1-8,11-12,16,19,24-25H,9-10,23H2,(H,26,28)/t16-,19-/m0/s1. The monoisotopic (exact) mass is 373 g/mol. The molecule has 1 amide bonds. The number of amides is 1. The highest BCUT2D eigenvalue weighted by Crippen LogP contribution is 2.20. The van der Waals surface area contributed by atoms with E-state index in [1.54, 1.807) is 0 Å². The zero-order chi connectivity index (χ0) is 19.5. The van der Waals surface area contributed by atoms with Gasteiger partial charge in [0, 0.05) is 40.6 Å². The Balaban J connectivity index is 1.43. The van der Waals surface area contributed by atoms with E-state index < -0.39 is 12.1 Å². The van der Waals surface area contributed by atoms with Crippen molar-refractivity contribution in [3.63, 3.8) is 0 Å². The summed E-state index contributed by atoms with van der Waals surface area (Å²) in [5.74, 6) is -0.363. The van der Waals surface area contributed by atoms with Gasteiger partial charge in [-0.2, -0.15) is 0 Å². The lowest BCUT2D eigenvalue weighted by Gasteiger charge is -2.16. The second-order valence-electron chi connectivity index (χ2n) is 6.91. The Hall–Kier alpha value is -3.38. The fourth-order valence-corrected chi connectivity index (χ4v) is 3.55. The van der Waals surface area contributed by atoms with Gasteiger partial charge in [-0.15, -0.1) is 0 Å². The van der Waals surface area contributed by atoms with E-state index in [4.69, 9.17) is 5.73 Å². The molecule has 2 heterocycles. The summed E-state index contributed by atoms with van der Waals surface area (Å²) in [6.07, 6.45) is 6.39. The number of benzene rings is 2. The molecule has 0 aliphatic rings. The predicted molar refractivity (Wildman–Crippen MR) is 110 cm³/mol. The van der Waals surface area contributed by atoms with Gasteiger partial charge in [0.25, 0.3) is 0 Å². The first-order valence-corrected chi connectivity index (χ1v) is 9.19. The molecule has 0 fully saturated rings. The molecule has 0 bridgehead atoms. The summed E-state index contributed by atoms with van der Waals surface area (Å²) in [5.41, 5.74) is 10.0. The number of aromatic nitrogens is 2. The van der Waals surface area contributed by atoms with Crippen molar-refractivity contribution < 1.29 is 9.59 Å². The van der Waals surface area contributed by atoms with Crippen molar-refractivity contribution in [3.05, 3.63) is 72.1 Å². The normalized spacial score (nSPS) is 13.5. The summed E-state index contributed by atoms with van der Waals surface area (Å²) in [6.45, 7) is 0. The smallest absolute Gasteiger partial charge is 0.237 e. The number of nitrogens with two attached hydrogens (primary N) is 1. The Labute approximate surface area is 162 Å². The summed E-state index contributed by atoms with van der Waals surface area (Å²) < 4.78 is 0. The first-order chi connectivity index (χ1) is 13.7. The summed E-state index contributed by atoms with van der Waals surface area (Å²) >= 11 is 0. The first kappa shape index (κ1) is 18.0. The Kier molecular flexibility index (Phi) is 4.95. The molecule has 6 nitrogen and oxygen atoms in total. The average Bonchev–Trinajstić information content (AvgIpc) is 3.32. The Morgan fingerprint density at radius 2 is 1.46 bits per heavy atom. The summed E-state index contributed by atoms with van der Waals surface area (Å²) in [7, 11) is 0. The molecule has 6 heteroatoms.